The molecule has 0 amide bonds. The van der Waals surface area contributed by atoms with E-state index in [1.165, 1.54) is 11.3 Å². The van der Waals surface area contributed by atoms with Crippen molar-refractivity contribution in [1.82, 2.24) is 0 Å². The van der Waals surface area contributed by atoms with Gasteiger partial charge in [0.05, 0.1) is 11.5 Å². The van der Waals surface area contributed by atoms with Gasteiger partial charge in [-0.2, -0.15) is 0 Å². The fourth-order valence-corrected chi connectivity index (χ4v) is 5.38. The van der Waals surface area contributed by atoms with E-state index in [1.54, 1.807) is 18.4 Å². The van der Waals surface area contributed by atoms with Gasteiger partial charge < -0.3 is 9.47 Å². The number of hydrogen-bond acceptors (Lipinski definition) is 6. The Morgan fingerprint density at radius 1 is 1.45 bits per heavy atom. The van der Waals surface area contributed by atoms with Crippen molar-refractivity contribution in [1.29, 1.82) is 0 Å². The van der Waals surface area contributed by atoms with Crippen LogP contribution in [0.15, 0.2) is 11.4 Å². The molecule has 3 aliphatic rings. The Hall–Kier alpha value is -1.69. The van der Waals surface area contributed by atoms with E-state index in [1.807, 2.05) is 0 Å². The minimum Gasteiger partial charge on any atom is -0.465 e. The number of ketones is 1. The second-order valence-electron chi connectivity index (χ2n) is 6.10. The zero-order valence-electron chi connectivity index (χ0n) is 12.2. The Morgan fingerprint density at radius 2 is 2.27 bits per heavy atom. The van der Waals surface area contributed by atoms with Gasteiger partial charge in [-0.25, -0.2) is 0 Å². The Morgan fingerprint density at radius 3 is 3.05 bits per heavy atom. The molecule has 0 unspecified atom stereocenters. The zero-order valence-corrected chi connectivity index (χ0v) is 13.0. The predicted molar refractivity (Wildman–Crippen MR) is 77.7 cm³/mol. The maximum absolute atomic E-state index is 12.9. The molecule has 0 spiro atoms. The van der Waals surface area contributed by atoms with Crippen LogP contribution >= 0.6 is 11.3 Å². The van der Waals surface area contributed by atoms with E-state index in [-0.39, 0.29) is 12.4 Å². The predicted octanol–water partition coefficient (Wildman–Crippen LogP) is 2.23. The summed E-state index contributed by atoms with van der Waals surface area (Å²) in [5.41, 5.74) is -2.11. The van der Waals surface area contributed by atoms with Crippen molar-refractivity contribution in [3.8, 4) is 0 Å². The van der Waals surface area contributed by atoms with E-state index >= 15 is 0 Å². The number of rotatable bonds is 2. The molecule has 2 bridgehead atoms. The summed E-state index contributed by atoms with van der Waals surface area (Å²) >= 11 is 1.28. The van der Waals surface area contributed by atoms with Gasteiger partial charge in [0.2, 0.25) is 5.78 Å². The first kappa shape index (κ1) is 13.9. The summed E-state index contributed by atoms with van der Waals surface area (Å²) in [6.07, 6.45) is 2.85. The lowest BCUT2D eigenvalue weighted by atomic mass is 9.56. The molecular formula is C16H16O5S. The van der Waals surface area contributed by atoms with Crippen molar-refractivity contribution in [2.45, 2.75) is 43.6 Å². The minimum absolute atomic E-state index is 0.132. The van der Waals surface area contributed by atoms with Gasteiger partial charge in [-0.05, 0) is 37.6 Å². The van der Waals surface area contributed by atoms with E-state index in [0.717, 1.165) is 12.8 Å². The monoisotopic (exact) mass is 320 g/mol. The molecule has 5 nitrogen and oxygen atoms in total. The molecule has 6 heteroatoms. The van der Waals surface area contributed by atoms with Crippen LogP contribution in [-0.2, 0) is 24.5 Å². The highest BCUT2D eigenvalue weighted by atomic mass is 32.1. The molecular weight excluding hydrogens is 304 g/mol. The Balaban J connectivity index is 2.01. The molecule has 1 aliphatic heterocycles. The maximum atomic E-state index is 12.9. The first-order valence-electron chi connectivity index (χ1n) is 7.62. The van der Waals surface area contributed by atoms with Crippen molar-refractivity contribution in [3.05, 3.63) is 21.9 Å². The van der Waals surface area contributed by atoms with Crippen LogP contribution in [0, 0.1) is 5.92 Å². The number of ether oxygens (including phenoxy) is 2. The molecule has 1 aromatic heterocycles. The molecule has 116 valence electrons. The summed E-state index contributed by atoms with van der Waals surface area (Å²) in [7, 11) is 0. The molecule has 0 aromatic carbocycles. The summed E-state index contributed by atoms with van der Waals surface area (Å²) in [6, 6.07) is 1.71. The number of hydrogen-bond donors (Lipinski definition) is 0. The summed E-state index contributed by atoms with van der Waals surface area (Å²) in [5.74, 6) is -1.74. The third-order valence-corrected chi connectivity index (χ3v) is 6.16. The van der Waals surface area contributed by atoms with Crippen molar-refractivity contribution >= 4 is 29.1 Å². The van der Waals surface area contributed by atoms with Crippen LogP contribution in [0.3, 0.4) is 0 Å². The van der Waals surface area contributed by atoms with Crippen LogP contribution in [0.2, 0.25) is 0 Å². The molecule has 0 radical (unpaired) electrons. The normalized spacial score (nSPS) is 35.6. The average Bonchev–Trinajstić information content (AvgIpc) is 3.06. The molecule has 22 heavy (non-hydrogen) atoms. The van der Waals surface area contributed by atoms with Crippen LogP contribution in [0.5, 0.6) is 0 Å². The van der Waals surface area contributed by atoms with Gasteiger partial charge >= 0.3 is 11.9 Å². The zero-order chi connectivity index (χ0) is 15.5. The van der Waals surface area contributed by atoms with Gasteiger partial charge in [0.1, 0.15) is 0 Å². The van der Waals surface area contributed by atoms with Crippen LogP contribution < -0.4 is 0 Å². The molecule has 1 aromatic rings. The molecule has 1 saturated carbocycles. The maximum Gasteiger partial charge on any atom is 0.329 e. The first-order chi connectivity index (χ1) is 10.6. The summed E-state index contributed by atoms with van der Waals surface area (Å²) in [5, 5.41) is 1.76. The fraction of sp³-hybridized carbons (Fsp3) is 0.562. The number of fused-ring (bicyclic) bond motifs is 2. The van der Waals surface area contributed by atoms with Crippen molar-refractivity contribution in [3.63, 3.8) is 0 Å². The summed E-state index contributed by atoms with van der Waals surface area (Å²) < 4.78 is 10.9. The van der Waals surface area contributed by atoms with Crippen molar-refractivity contribution < 1.29 is 23.9 Å². The topological polar surface area (TPSA) is 69.7 Å². The van der Waals surface area contributed by atoms with Gasteiger partial charge in [-0.3, -0.25) is 14.4 Å². The molecule has 2 aliphatic carbocycles. The standard InChI is InChI=1S/C16H16O5S/c1-2-20-13(18)16-9-6-8-22-11(9)12(17)15(21-14(16)19)7-4-3-5-10(15)16/h6,8,10H,2-5,7H2,1H3/t10-,15+,16+/m0/s1. The van der Waals surface area contributed by atoms with Crippen molar-refractivity contribution in [2.75, 3.05) is 6.61 Å². The molecule has 2 fully saturated rings. The lowest BCUT2D eigenvalue weighted by Gasteiger charge is -2.42. The van der Waals surface area contributed by atoms with E-state index in [0.29, 0.717) is 23.3 Å². The van der Waals surface area contributed by atoms with Crippen molar-refractivity contribution in [2.24, 2.45) is 5.92 Å². The minimum atomic E-state index is -1.44. The Labute approximate surface area is 131 Å². The smallest absolute Gasteiger partial charge is 0.329 e. The summed E-state index contributed by atoms with van der Waals surface area (Å²) in [6.45, 7) is 1.91. The van der Waals surface area contributed by atoms with Gasteiger partial charge in [0.15, 0.2) is 11.0 Å². The number of Topliss-reactive ketones (excluding diaryl/α,β-unsaturated/α-hetero) is 1. The SMILES string of the molecule is CCOC(=O)[C@]12C(=O)O[C@@]3(CCCC[C@H]13)C(=O)c1sccc12. The van der Waals surface area contributed by atoms with E-state index < -0.39 is 28.9 Å². The van der Waals surface area contributed by atoms with Gasteiger partial charge in [0.25, 0.3) is 0 Å². The van der Waals surface area contributed by atoms with E-state index in [4.69, 9.17) is 9.47 Å². The average molecular weight is 320 g/mol. The number of carbonyl (C=O) groups is 3. The third kappa shape index (κ3) is 1.33. The molecule has 2 heterocycles. The molecule has 3 atom stereocenters. The van der Waals surface area contributed by atoms with Crippen LogP contribution in [0.1, 0.15) is 47.8 Å². The lowest BCUT2D eigenvalue weighted by Crippen LogP contribution is -2.57. The highest BCUT2D eigenvalue weighted by Gasteiger charge is 2.76. The molecule has 4 rings (SSSR count). The van der Waals surface area contributed by atoms with Gasteiger partial charge in [-0.1, -0.05) is 6.42 Å². The van der Waals surface area contributed by atoms with E-state index in [2.05, 4.69) is 0 Å². The second kappa shape index (κ2) is 4.41. The van der Waals surface area contributed by atoms with Crippen LogP contribution in [0.25, 0.3) is 0 Å². The van der Waals surface area contributed by atoms with Gasteiger partial charge in [-0.15, -0.1) is 11.3 Å². The molecule has 1 saturated heterocycles. The number of esters is 2. The Bertz CT molecular complexity index is 692. The molecule has 0 N–H and O–H groups in total. The lowest BCUT2D eigenvalue weighted by molar-refractivity contribution is -0.160. The first-order valence-corrected chi connectivity index (χ1v) is 8.50. The van der Waals surface area contributed by atoms with Gasteiger partial charge in [0, 0.05) is 11.5 Å². The highest BCUT2D eigenvalue weighted by molar-refractivity contribution is 7.12. The Kier molecular flexibility index (Phi) is 2.79. The van der Waals surface area contributed by atoms with E-state index in [9.17, 15) is 14.4 Å². The summed E-state index contributed by atoms with van der Waals surface area (Å²) in [4.78, 5) is 39.0. The van der Waals surface area contributed by atoms with Crippen LogP contribution in [-0.4, -0.2) is 29.9 Å². The number of thiophene rings is 1. The highest BCUT2D eigenvalue weighted by Crippen LogP contribution is 2.60. The van der Waals surface area contributed by atoms with Crippen LogP contribution in [0.4, 0.5) is 0 Å². The number of carbonyl (C=O) groups excluding carboxylic acids is 3. The fourth-order valence-electron chi connectivity index (χ4n) is 4.40. The largest absolute Gasteiger partial charge is 0.465 e. The quantitative estimate of drug-likeness (QED) is 0.617. The second-order valence-corrected chi connectivity index (χ2v) is 7.01. The third-order valence-electron chi connectivity index (χ3n) is 5.25.